The van der Waals surface area contributed by atoms with E-state index in [1.165, 1.54) is 6.08 Å². The number of unbranched alkanes of at least 4 members (excludes halogenated alkanes) is 2. The quantitative estimate of drug-likeness (QED) is 0.250. The van der Waals surface area contributed by atoms with Crippen molar-refractivity contribution in [1.82, 2.24) is 4.90 Å². The van der Waals surface area contributed by atoms with Crippen LogP contribution in [0.15, 0.2) is 49.6 Å². The van der Waals surface area contributed by atoms with Gasteiger partial charge in [-0.1, -0.05) is 30.3 Å². The Labute approximate surface area is 221 Å². The number of aliphatic hydroxyl groups excluding tert-OH is 1. The molecule has 1 N–H and O–H groups in total. The second-order valence-corrected chi connectivity index (χ2v) is 11.5. The zero-order valence-electron chi connectivity index (χ0n) is 20.3. The molecule has 3 heterocycles. The van der Waals surface area contributed by atoms with E-state index in [-0.39, 0.29) is 42.8 Å². The Morgan fingerprint density at radius 1 is 1.22 bits per heavy atom. The summed E-state index contributed by atoms with van der Waals surface area (Å²) in [5.41, 5.74) is 0.677. The summed E-state index contributed by atoms with van der Waals surface area (Å²) in [7, 11) is 0. The Morgan fingerprint density at radius 3 is 2.64 bits per heavy atom. The van der Waals surface area contributed by atoms with Crippen LogP contribution in [0.2, 0.25) is 5.02 Å². The molecule has 4 rings (SSSR count). The van der Waals surface area contributed by atoms with Gasteiger partial charge in [0.15, 0.2) is 0 Å². The molecule has 2 amide bonds. The van der Waals surface area contributed by atoms with Gasteiger partial charge < -0.3 is 19.6 Å². The maximum atomic E-state index is 14.3. The number of anilines is 1. The van der Waals surface area contributed by atoms with Gasteiger partial charge in [-0.2, -0.15) is 0 Å². The summed E-state index contributed by atoms with van der Waals surface area (Å²) >= 11 is 7.70. The first kappa shape index (κ1) is 26.8. The molecule has 3 fully saturated rings. The number of hydrogen-bond acceptors (Lipinski definition) is 6. The Kier molecular flexibility index (Phi) is 8.48. The van der Waals surface area contributed by atoms with Crippen LogP contribution in [0.3, 0.4) is 0 Å². The van der Waals surface area contributed by atoms with Gasteiger partial charge in [0.1, 0.15) is 12.6 Å². The largest absolute Gasteiger partial charge is 0.461 e. The molecule has 1 spiro atoms. The summed E-state index contributed by atoms with van der Waals surface area (Å²) < 4.78 is 4.72. The molecule has 0 saturated carbocycles. The van der Waals surface area contributed by atoms with Crippen molar-refractivity contribution >= 4 is 46.8 Å². The van der Waals surface area contributed by atoms with E-state index in [1.54, 1.807) is 51.9 Å². The predicted octanol–water partition coefficient (Wildman–Crippen LogP) is 3.84. The number of nitrogens with zero attached hydrogens (tertiary/aromatic N) is 2. The second kappa shape index (κ2) is 11.4. The molecule has 7 nitrogen and oxygen atoms in total. The molecule has 194 valence electrons. The molecule has 3 aliphatic heterocycles. The third-order valence-corrected chi connectivity index (χ3v) is 9.63. The van der Waals surface area contributed by atoms with Crippen LogP contribution in [0.1, 0.15) is 32.1 Å². The van der Waals surface area contributed by atoms with Gasteiger partial charge in [0.2, 0.25) is 5.91 Å². The van der Waals surface area contributed by atoms with E-state index >= 15 is 0 Å². The fraction of sp³-hybridized carbons (Fsp3) is 0.519. The van der Waals surface area contributed by atoms with E-state index in [1.807, 2.05) is 0 Å². The molecule has 0 aromatic heterocycles. The van der Waals surface area contributed by atoms with Gasteiger partial charge in [-0.25, -0.2) is 0 Å². The summed E-state index contributed by atoms with van der Waals surface area (Å²) in [5, 5.41) is 9.70. The summed E-state index contributed by atoms with van der Waals surface area (Å²) in [6.45, 7) is 8.31. The number of thioether (sulfide) groups is 1. The van der Waals surface area contributed by atoms with Gasteiger partial charge in [0, 0.05) is 35.7 Å². The number of carbonyl (C=O) groups excluding carboxylic acids is 3. The van der Waals surface area contributed by atoms with Crippen LogP contribution in [0.25, 0.3) is 0 Å². The number of aliphatic hydroxyl groups is 1. The minimum Gasteiger partial charge on any atom is -0.461 e. The van der Waals surface area contributed by atoms with Gasteiger partial charge in [0.25, 0.3) is 5.91 Å². The number of amides is 2. The van der Waals surface area contributed by atoms with Crippen LogP contribution in [0, 0.1) is 11.8 Å². The van der Waals surface area contributed by atoms with E-state index in [9.17, 15) is 19.5 Å². The molecule has 5 atom stereocenters. The van der Waals surface area contributed by atoms with Crippen LogP contribution < -0.4 is 4.90 Å². The van der Waals surface area contributed by atoms with E-state index in [0.29, 0.717) is 36.5 Å². The second-order valence-electron chi connectivity index (χ2n) is 9.50. The topological polar surface area (TPSA) is 87.2 Å². The van der Waals surface area contributed by atoms with Crippen molar-refractivity contribution in [2.45, 2.75) is 48.1 Å². The maximum Gasteiger partial charge on any atom is 0.311 e. The third kappa shape index (κ3) is 4.71. The van der Waals surface area contributed by atoms with Crippen molar-refractivity contribution in [2.24, 2.45) is 11.8 Å². The molecular weight excluding hydrogens is 500 g/mol. The molecule has 2 bridgehead atoms. The predicted molar refractivity (Wildman–Crippen MR) is 142 cm³/mol. The smallest absolute Gasteiger partial charge is 0.311 e. The number of carbonyl (C=O) groups is 3. The lowest BCUT2D eigenvalue weighted by Gasteiger charge is -2.37. The van der Waals surface area contributed by atoms with E-state index < -0.39 is 22.6 Å². The lowest BCUT2D eigenvalue weighted by Crippen LogP contribution is -2.55. The van der Waals surface area contributed by atoms with Crippen LogP contribution in [-0.4, -0.2) is 70.1 Å². The van der Waals surface area contributed by atoms with Crippen molar-refractivity contribution in [1.29, 1.82) is 0 Å². The number of halogens is 1. The number of hydrogen-bond donors (Lipinski definition) is 1. The first-order chi connectivity index (χ1) is 17.4. The van der Waals surface area contributed by atoms with Crippen LogP contribution >= 0.6 is 23.4 Å². The summed E-state index contributed by atoms with van der Waals surface area (Å²) in [6.07, 6.45) is 6.68. The molecule has 0 radical (unpaired) electrons. The molecule has 0 aliphatic carbocycles. The highest BCUT2D eigenvalue weighted by molar-refractivity contribution is 8.02. The lowest BCUT2D eigenvalue weighted by atomic mass is 9.71. The van der Waals surface area contributed by atoms with Crippen molar-refractivity contribution < 1.29 is 24.2 Å². The van der Waals surface area contributed by atoms with Crippen molar-refractivity contribution in [3.8, 4) is 0 Å². The fourth-order valence-corrected chi connectivity index (χ4v) is 8.30. The molecule has 2 unspecified atom stereocenters. The molecule has 36 heavy (non-hydrogen) atoms. The Hall–Kier alpha value is -2.29. The number of likely N-dealkylation sites (tertiary alicyclic amines) is 1. The first-order valence-corrected chi connectivity index (χ1v) is 13.7. The average Bonchev–Trinajstić information content (AvgIpc) is 3.51. The normalized spacial score (nSPS) is 28.2. The molecule has 9 heteroatoms. The summed E-state index contributed by atoms with van der Waals surface area (Å²) in [4.78, 5) is 44.6. The molecule has 3 saturated heterocycles. The monoisotopic (exact) mass is 532 g/mol. The highest BCUT2D eigenvalue weighted by Crippen LogP contribution is 2.66. The van der Waals surface area contributed by atoms with Gasteiger partial charge >= 0.3 is 5.97 Å². The standard InChI is InChI=1S/C27H33ClN2O5S/c1-3-14-29(19-10-8-18(28)9-11-19)25(33)23-27-13-12-20(36-27)21(26(34)35-17-4-2)22(27)24(32)30(23)15-6-5-7-16-31/h3-4,8-11,20-23,31H,1-2,5-7,12-17H2/t20-,21+,22-,23?,27?/m0/s1. The van der Waals surface area contributed by atoms with Crippen LogP contribution in [0.4, 0.5) is 5.69 Å². The first-order valence-electron chi connectivity index (χ1n) is 12.4. The van der Waals surface area contributed by atoms with Gasteiger partial charge in [-0.3, -0.25) is 14.4 Å². The van der Waals surface area contributed by atoms with Gasteiger partial charge in [-0.15, -0.1) is 18.3 Å². The zero-order valence-corrected chi connectivity index (χ0v) is 21.9. The van der Waals surface area contributed by atoms with Crippen molar-refractivity contribution in [2.75, 3.05) is 31.2 Å². The van der Waals surface area contributed by atoms with Crippen molar-refractivity contribution in [3.63, 3.8) is 0 Å². The number of ether oxygens (including phenoxy) is 1. The summed E-state index contributed by atoms with van der Waals surface area (Å²) in [6, 6.07) is 6.34. The Balaban J connectivity index is 1.71. The number of fused-ring (bicyclic) bond motifs is 1. The maximum absolute atomic E-state index is 14.3. The Morgan fingerprint density at radius 2 is 1.97 bits per heavy atom. The average molecular weight is 533 g/mol. The Bertz CT molecular complexity index is 1020. The lowest BCUT2D eigenvalue weighted by molar-refractivity contribution is -0.153. The van der Waals surface area contributed by atoms with E-state index in [2.05, 4.69) is 13.2 Å². The highest BCUT2D eigenvalue weighted by atomic mass is 35.5. The van der Waals surface area contributed by atoms with Crippen molar-refractivity contribution in [3.05, 3.63) is 54.6 Å². The third-order valence-electron chi connectivity index (χ3n) is 7.42. The fourth-order valence-electron chi connectivity index (χ4n) is 5.97. The minimum atomic E-state index is -0.702. The molecule has 1 aromatic rings. The molecular formula is C27H33ClN2O5S. The number of rotatable bonds is 12. The van der Waals surface area contributed by atoms with Crippen LogP contribution in [0.5, 0.6) is 0 Å². The van der Waals surface area contributed by atoms with Gasteiger partial charge in [-0.05, 0) is 56.4 Å². The molecule has 3 aliphatic rings. The number of benzene rings is 1. The zero-order chi connectivity index (χ0) is 25.9. The van der Waals surface area contributed by atoms with E-state index in [4.69, 9.17) is 16.3 Å². The minimum absolute atomic E-state index is 0.0495. The SMILES string of the molecule is C=CCOC(=O)[C@@H]1[C@@H]2CCC3(S2)C(C(=O)N(CC=C)c2ccc(Cl)cc2)N(CCCCCO)C(=O)[C@H]13. The van der Waals surface area contributed by atoms with E-state index in [0.717, 1.165) is 12.8 Å². The van der Waals surface area contributed by atoms with Gasteiger partial charge in [0.05, 0.1) is 16.6 Å². The summed E-state index contributed by atoms with van der Waals surface area (Å²) in [5.74, 6) is -1.88. The molecule has 1 aromatic carbocycles. The van der Waals surface area contributed by atoms with Crippen LogP contribution in [-0.2, 0) is 19.1 Å². The highest BCUT2D eigenvalue weighted by Gasteiger charge is 2.74. The number of esters is 1.